The summed E-state index contributed by atoms with van der Waals surface area (Å²) < 4.78 is 38.4. The first-order valence-corrected chi connectivity index (χ1v) is 10.8. The number of benzene rings is 2. The smallest absolute Gasteiger partial charge is 0.322 e. The van der Waals surface area contributed by atoms with Gasteiger partial charge in [-0.15, -0.1) is 5.92 Å². The number of carboxylic acids is 1. The normalized spacial score (nSPS) is 12.1. The van der Waals surface area contributed by atoms with Crippen LogP contribution < -0.4 is 14.2 Å². The molecule has 3 N–H and O–H groups in total. The van der Waals surface area contributed by atoms with Gasteiger partial charge in [0.2, 0.25) is 10.0 Å². The van der Waals surface area contributed by atoms with Crippen LogP contribution in [0.4, 0.5) is 0 Å². The first kappa shape index (κ1) is 22.2. The largest absolute Gasteiger partial charge is 0.497 e. The molecule has 162 valence electrons. The molecular formula is C22H22N2O6S. The molecule has 31 heavy (non-hydrogen) atoms. The second kappa shape index (κ2) is 9.55. The Morgan fingerprint density at radius 3 is 2.55 bits per heavy atom. The molecule has 0 fully saturated rings. The summed E-state index contributed by atoms with van der Waals surface area (Å²) in [6.07, 6.45) is 1.62. The van der Waals surface area contributed by atoms with E-state index in [2.05, 4.69) is 21.5 Å². The van der Waals surface area contributed by atoms with E-state index in [-0.39, 0.29) is 17.9 Å². The minimum atomic E-state index is -4.06. The van der Waals surface area contributed by atoms with Gasteiger partial charge in [0.15, 0.2) is 0 Å². The van der Waals surface area contributed by atoms with Gasteiger partial charge in [0.1, 0.15) is 24.1 Å². The fourth-order valence-electron chi connectivity index (χ4n) is 3.01. The maximum atomic E-state index is 12.7. The standard InChI is InChI=1S/C22H22N2O6S/c1-3-4-11-30-16-5-8-18(9-6-16)31(27,28)24-21(22(25)26)12-15-14-23-20-10-7-17(29-2)13-19(15)20/h5-10,13-14,21,23-24H,11-12H2,1-2H3,(H,25,26)/t21-/m0/s1. The van der Waals surface area contributed by atoms with Crippen LogP contribution in [0.25, 0.3) is 10.9 Å². The van der Waals surface area contributed by atoms with Crippen LogP contribution >= 0.6 is 0 Å². The van der Waals surface area contributed by atoms with E-state index < -0.39 is 22.0 Å². The Balaban J connectivity index is 1.79. The van der Waals surface area contributed by atoms with Gasteiger partial charge in [-0.05, 0) is 55.0 Å². The highest BCUT2D eigenvalue weighted by molar-refractivity contribution is 7.89. The highest BCUT2D eigenvalue weighted by atomic mass is 32.2. The summed E-state index contributed by atoms with van der Waals surface area (Å²) in [7, 11) is -2.53. The zero-order chi connectivity index (χ0) is 22.4. The topological polar surface area (TPSA) is 118 Å². The molecule has 1 aromatic heterocycles. The molecule has 0 amide bonds. The molecule has 0 saturated heterocycles. The van der Waals surface area contributed by atoms with Gasteiger partial charge in [-0.25, -0.2) is 8.42 Å². The van der Waals surface area contributed by atoms with Crippen LogP contribution in [0.2, 0.25) is 0 Å². The fourth-order valence-corrected chi connectivity index (χ4v) is 4.20. The van der Waals surface area contributed by atoms with Crippen molar-refractivity contribution in [2.45, 2.75) is 24.3 Å². The van der Waals surface area contributed by atoms with E-state index in [4.69, 9.17) is 9.47 Å². The lowest BCUT2D eigenvalue weighted by Crippen LogP contribution is -2.42. The van der Waals surface area contributed by atoms with E-state index in [0.717, 1.165) is 10.9 Å². The summed E-state index contributed by atoms with van der Waals surface area (Å²) in [6.45, 7) is 1.88. The number of sulfonamides is 1. The average Bonchev–Trinajstić information content (AvgIpc) is 3.15. The first-order chi connectivity index (χ1) is 14.8. The fraction of sp³-hybridized carbons (Fsp3) is 0.227. The molecule has 8 nitrogen and oxygen atoms in total. The molecule has 1 atom stereocenters. The van der Waals surface area contributed by atoms with E-state index in [1.807, 2.05) is 6.07 Å². The van der Waals surface area contributed by atoms with Crippen molar-refractivity contribution in [3.8, 4) is 23.3 Å². The predicted octanol–water partition coefficient (Wildman–Crippen LogP) is 2.55. The molecule has 0 spiro atoms. The summed E-state index contributed by atoms with van der Waals surface area (Å²) in [6, 6.07) is 9.71. The second-order valence-corrected chi connectivity index (χ2v) is 8.34. The first-order valence-electron chi connectivity index (χ1n) is 9.35. The number of H-pyrrole nitrogens is 1. The van der Waals surface area contributed by atoms with Crippen molar-refractivity contribution in [3.05, 3.63) is 54.2 Å². The van der Waals surface area contributed by atoms with Crippen molar-refractivity contribution < 1.29 is 27.8 Å². The van der Waals surface area contributed by atoms with Crippen LogP contribution in [-0.4, -0.2) is 44.2 Å². The molecule has 2 aromatic carbocycles. The minimum absolute atomic E-state index is 0.0430. The highest BCUT2D eigenvalue weighted by Crippen LogP contribution is 2.25. The Kier molecular flexibility index (Phi) is 6.84. The van der Waals surface area contributed by atoms with Crippen LogP contribution in [0.15, 0.2) is 53.6 Å². The number of nitrogens with one attached hydrogen (secondary N) is 2. The van der Waals surface area contributed by atoms with Gasteiger partial charge in [-0.1, -0.05) is 5.92 Å². The maximum absolute atomic E-state index is 12.7. The molecule has 0 aliphatic carbocycles. The molecule has 0 radical (unpaired) electrons. The number of aromatic nitrogens is 1. The van der Waals surface area contributed by atoms with Crippen molar-refractivity contribution in [1.29, 1.82) is 0 Å². The average molecular weight is 442 g/mol. The number of rotatable bonds is 9. The Morgan fingerprint density at radius 1 is 1.19 bits per heavy atom. The molecule has 0 bridgehead atoms. The number of aromatic amines is 1. The Bertz CT molecular complexity index is 1240. The third-order valence-corrected chi connectivity index (χ3v) is 6.10. The lowest BCUT2D eigenvalue weighted by molar-refractivity contribution is -0.138. The maximum Gasteiger partial charge on any atom is 0.322 e. The summed E-state index contributed by atoms with van der Waals surface area (Å²) in [5.41, 5.74) is 1.45. The molecule has 3 aromatic rings. The van der Waals surface area contributed by atoms with Crippen molar-refractivity contribution in [2.75, 3.05) is 13.7 Å². The van der Waals surface area contributed by atoms with Crippen LogP contribution in [0, 0.1) is 11.8 Å². The number of aliphatic carboxylic acids is 1. The lowest BCUT2D eigenvalue weighted by atomic mass is 10.1. The molecular weight excluding hydrogens is 420 g/mol. The second-order valence-electron chi connectivity index (χ2n) is 6.63. The zero-order valence-corrected chi connectivity index (χ0v) is 17.8. The summed E-state index contributed by atoms with van der Waals surface area (Å²) in [5, 5.41) is 10.4. The number of methoxy groups -OCH3 is 1. The third kappa shape index (κ3) is 5.36. The Morgan fingerprint density at radius 2 is 1.90 bits per heavy atom. The summed E-state index contributed by atoms with van der Waals surface area (Å²) >= 11 is 0. The third-order valence-electron chi connectivity index (χ3n) is 4.62. The van der Waals surface area contributed by atoms with Crippen LogP contribution in [0.5, 0.6) is 11.5 Å². The monoisotopic (exact) mass is 442 g/mol. The number of carboxylic acid groups (broad SMARTS) is 1. The van der Waals surface area contributed by atoms with Gasteiger partial charge in [-0.3, -0.25) is 4.79 Å². The van der Waals surface area contributed by atoms with Gasteiger partial charge in [-0.2, -0.15) is 4.72 Å². The predicted molar refractivity (Wildman–Crippen MR) is 116 cm³/mol. The van der Waals surface area contributed by atoms with E-state index in [1.54, 1.807) is 25.3 Å². The van der Waals surface area contributed by atoms with Gasteiger partial charge >= 0.3 is 5.97 Å². The Hall–Kier alpha value is -3.48. The van der Waals surface area contributed by atoms with E-state index in [9.17, 15) is 18.3 Å². The SMILES string of the molecule is CC#CCOc1ccc(S(=O)(=O)N[C@@H](Cc2c[nH]c3ccc(OC)cc23)C(=O)O)cc1. The number of hydrogen-bond acceptors (Lipinski definition) is 5. The molecule has 0 aliphatic heterocycles. The van der Waals surface area contributed by atoms with Crippen LogP contribution in [0.1, 0.15) is 12.5 Å². The van der Waals surface area contributed by atoms with Crippen molar-refractivity contribution in [3.63, 3.8) is 0 Å². The highest BCUT2D eigenvalue weighted by Gasteiger charge is 2.26. The van der Waals surface area contributed by atoms with Crippen LogP contribution in [-0.2, 0) is 21.2 Å². The van der Waals surface area contributed by atoms with E-state index >= 15 is 0 Å². The van der Waals surface area contributed by atoms with Crippen LogP contribution in [0.3, 0.4) is 0 Å². The van der Waals surface area contributed by atoms with Crippen molar-refractivity contribution >= 4 is 26.9 Å². The lowest BCUT2D eigenvalue weighted by Gasteiger charge is -2.15. The molecule has 3 rings (SSSR count). The molecule has 9 heteroatoms. The molecule has 0 unspecified atom stereocenters. The summed E-state index contributed by atoms with van der Waals surface area (Å²) in [4.78, 5) is 14.8. The van der Waals surface area contributed by atoms with E-state index in [1.165, 1.54) is 31.4 Å². The van der Waals surface area contributed by atoms with Crippen molar-refractivity contribution in [1.82, 2.24) is 9.71 Å². The quantitative estimate of drug-likeness (QED) is 0.439. The van der Waals surface area contributed by atoms with Gasteiger partial charge < -0.3 is 19.6 Å². The van der Waals surface area contributed by atoms with Gasteiger partial charge in [0.25, 0.3) is 0 Å². The molecule has 1 heterocycles. The van der Waals surface area contributed by atoms with E-state index in [0.29, 0.717) is 17.1 Å². The summed E-state index contributed by atoms with van der Waals surface area (Å²) in [5.74, 6) is 5.24. The number of fused-ring (bicyclic) bond motifs is 1. The molecule has 0 saturated carbocycles. The number of hydrogen-bond donors (Lipinski definition) is 3. The Labute approximate surface area is 180 Å². The molecule has 0 aliphatic rings. The number of carbonyl (C=O) groups is 1. The van der Waals surface area contributed by atoms with Gasteiger partial charge in [0.05, 0.1) is 12.0 Å². The zero-order valence-electron chi connectivity index (χ0n) is 17.0. The van der Waals surface area contributed by atoms with Crippen molar-refractivity contribution in [2.24, 2.45) is 0 Å². The van der Waals surface area contributed by atoms with Gasteiger partial charge in [0, 0.05) is 23.5 Å². The minimum Gasteiger partial charge on any atom is -0.497 e. The number of ether oxygens (including phenoxy) is 2.